The Bertz CT molecular complexity index is 344. The van der Waals surface area contributed by atoms with Crippen LogP contribution in [0.2, 0.25) is 0 Å². The summed E-state index contributed by atoms with van der Waals surface area (Å²) in [5.41, 5.74) is 0. The van der Waals surface area contributed by atoms with Crippen LogP contribution >= 0.6 is 0 Å². The molecule has 1 saturated carbocycles. The number of likely N-dealkylation sites (N-methyl/N-ethyl adjacent to an activating group) is 1. The molecule has 0 spiro atoms. The Labute approximate surface area is 113 Å². The summed E-state index contributed by atoms with van der Waals surface area (Å²) in [5.74, 6) is -0.148. The molecule has 0 aromatic carbocycles. The lowest BCUT2D eigenvalue weighted by molar-refractivity contribution is -0.135. The number of carbonyl (C=O) groups excluding carboxylic acids is 2. The zero-order valence-corrected chi connectivity index (χ0v) is 11.5. The number of nitrogens with one attached hydrogen (secondary N) is 1. The molecule has 1 saturated heterocycles. The third-order valence-corrected chi connectivity index (χ3v) is 3.80. The number of carbonyl (C=O) groups is 2. The Balaban J connectivity index is 1.73. The molecule has 1 heterocycles. The molecule has 1 aliphatic heterocycles. The number of amides is 2. The number of hydrogen-bond donors (Lipinski definition) is 2. The summed E-state index contributed by atoms with van der Waals surface area (Å²) in [4.78, 5) is 27.1. The average molecular weight is 269 g/mol. The van der Waals surface area contributed by atoms with Crippen molar-refractivity contribution >= 4 is 11.8 Å². The number of nitrogens with zero attached hydrogens (tertiary/aromatic N) is 2. The van der Waals surface area contributed by atoms with Gasteiger partial charge in [0.05, 0.1) is 19.7 Å². The van der Waals surface area contributed by atoms with Gasteiger partial charge in [0, 0.05) is 19.1 Å². The van der Waals surface area contributed by atoms with Crippen LogP contribution in [-0.2, 0) is 9.59 Å². The Hall–Kier alpha value is -1.14. The molecule has 0 aromatic heterocycles. The summed E-state index contributed by atoms with van der Waals surface area (Å²) in [7, 11) is 1.65. The van der Waals surface area contributed by atoms with Gasteiger partial charge in [0.1, 0.15) is 0 Å². The summed E-state index contributed by atoms with van der Waals surface area (Å²) in [5, 5.41) is 12.1. The highest BCUT2D eigenvalue weighted by molar-refractivity contribution is 5.85. The zero-order valence-electron chi connectivity index (χ0n) is 11.5. The van der Waals surface area contributed by atoms with Crippen LogP contribution in [0.5, 0.6) is 0 Å². The fourth-order valence-electron chi connectivity index (χ4n) is 2.41. The van der Waals surface area contributed by atoms with E-state index in [4.69, 9.17) is 0 Å². The molecule has 2 N–H and O–H groups in total. The van der Waals surface area contributed by atoms with E-state index in [-0.39, 0.29) is 31.0 Å². The summed E-state index contributed by atoms with van der Waals surface area (Å²) in [6.45, 7) is 1.35. The maximum Gasteiger partial charge on any atom is 0.239 e. The van der Waals surface area contributed by atoms with Crippen LogP contribution in [0.25, 0.3) is 0 Å². The normalized spacial score (nSPS) is 23.4. The van der Waals surface area contributed by atoms with Crippen LogP contribution in [0.1, 0.15) is 25.7 Å². The number of aliphatic hydroxyl groups is 1. The highest BCUT2D eigenvalue weighted by Gasteiger charge is 2.28. The number of hydrogen-bond acceptors (Lipinski definition) is 4. The van der Waals surface area contributed by atoms with Crippen LogP contribution < -0.4 is 5.32 Å². The fourth-order valence-corrected chi connectivity index (χ4v) is 2.41. The molecule has 1 aliphatic carbocycles. The van der Waals surface area contributed by atoms with E-state index in [0.29, 0.717) is 12.6 Å². The van der Waals surface area contributed by atoms with Crippen LogP contribution in [0.15, 0.2) is 0 Å². The summed E-state index contributed by atoms with van der Waals surface area (Å²) in [6.07, 6.45) is 4.06. The van der Waals surface area contributed by atoms with Crippen molar-refractivity contribution in [1.82, 2.24) is 15.1 Å². The Morgan fingerprint density at radius 3 is 2.74 bits per heavy atom. The molecule has 0 bridgehead atoms. The van der Waals surface area contributed by atoms with Crippen molar-refractivity contribution in [3.63, 3.8) is 0 Å². The van der Waals surface area contributed by atoms with E-state index in [2.05, 4.69) is 5.32 Å². The van der Waals surface area contributed by atoms with Crippen molar-refractivity contribution in [3.05, 3.63) is 0 Å². The topological polar surface area (TPSA) is 72.9 Å². The van der Waals surface area contributed by atoms with Gasteiger partial charge in [-0.2, -0.15) is 0 Å². The average Bonchev–Trinajstić information content (AvgIpc) is 3.06. The Morgan fingerprint density at radius 1 is 1.37 bits per heavy atom. The van der Waals surface area contributed by atoms with Crippen LogP contribution in [0.3, 0.4) is 0 Å². The minimum absolute atomic E-state index is 0.0636. The van der Waals surface area contributed by atoms with Crippen molar-refractivity contribution < 1.29 is 14.7 Å². The maximum absolute atomic E-state index is 12.0. The molecule has 6 heteroatoms. The van der Waals surface area contributed by atoms with E-state index in [0.717, 1.165) is 32.2 Å². The minimum Gasteiger partial charge on any atom is -0.395 e. The first-order valence-electron chi connectivity index (χ1n) is 6.98. The number of rotatable bonds is 6. The van der Waals surface area contributed by atoms with E-state index in [1.54, 1.807) is 7.05 Å². The first-order valence-corrected chi connectivity index (χ1v) is 6.98. The Morgan fingerprint density at radius 2 is 2.11 bits per heavy atom. The predicted molar refractivity (Wildman–Crippen MR) is 70.5 cm³/mol. The molecule has 0 aromatic rings. The van der Waals surface area contributed by atoms with Crippen molar-refractivity contribution in [2.75, 3.05) is 33.3 Å². The van der Waals surface area contributed by atoms with E-state index in [1.165, 1.54) is 4.90 Å². The first kappa shape index (κ1) is 14.3. The number of aliphatic hydroxyl groups excluding tert-OH is 1. The van der Waals surface area contributed by atoms with Gasteiger partial charge in [0.25, 0.3) is 0 Å². The monoisotopic (exact) mass is 269 g/mol. The summed E-state index contributed by atoms with van der Waals surface area (Å²) >= 11 is 0. The highest BCUT2D eigenvalue weighted by atomic mass is 16.3. The highest BCUT2D eigenvalue weighted by Crippen LogP contribution is 2.18. The van der Waals surface area contributed by atoms with E-state index < -0.39 is 0 Å². The molecule has 2 aliphatic rings. The minimum atomic E-state index is -0.0847. The lowest BCUT2D eigenvalue weighted by Crippen LogP contribution is -2.45. The fraction of sp³-hybridized carbons (Fsp3) is 0.846. The van der Waals surface area contributed by atoms with Crippen molar-refractivity contribution in [2.45, 2.75) is 37.8 Å². The van der Waals surface area contributed by atoms with E-state index in [1.807, 2.05) is 4.90 Å². The molecule has 2 fully saturated rings. The van der Waals surface area contributed by atoms with Gasteiger partial charge in [-0.15, -0.1) is 0 Å². The number of likely N-dealkylation sites (tertiary alicyclic amines) is 1. The lowest BCUT2D eigenvalue weighted by atomic mass is 10.2. The van der Waals surface area contributed by atoms with Gasteiger partial charge in [0.15, 0.2) is 0 Å². The maximum atomic E-state index is 12.0. The third-order valence-electron chi connectivity index (χ3n) is 3.80. The molecule has 2 amide bonds. The van der Waals surface area contributed by atoms with E-state index in [9.17, 15) is 14.7 Å². The molecule has 2 rings (SSSR count). The van der Waals surface area contributed by atoms with Gasteiger partial charge in [-0.3, -0.25) is 14.5 Å². The quantitative estimate of drug-likeness (QED) is 0.661. The van der Waals surface area contributed by atoms with Crippen LogP contribution in [-0.4, -0.2) is 72.1 Å². The summed E-state index contributed by atoms with van der Waals surface area (Å²) in [6, 6.07) is 0.422. The van der Waals surface area contributed by atoms with Gasteiger partial charge >= 0.3 is 0 Å². The second-order valence-corrected chi connectivity index (χ2v) is 5.54. The zero-order chi connectivity index (χ0) is 13.8. The smallest absolute Gasteiger partial charge is 0.239 e. The van der Waals surface area contributed by atoms with Crippen molar-refractivity contribution in [1.29, 1.82) is 0 Å². The van der Waals surface area contributed by atoms with Gasteiger partial charge in [0.2, 0.25) is 11.8 Å². The first-order chi connectivity index (χ1) is 9.10. The van der Waals surface area contributed by atoms with Gasteiger partial charge in [-0.1, -0.05) is 0 Å². The van der Waals surface area contributed by atoms with Crippen LogP contribution in [0.4, 0.5) is 0 Å². The molecule has 19 heavy (non-hydrogen) atoms. The second-order valence-electron chi connectivity index (χ2n) is 5.54. The SMILES string of the molecule is CN(CC(=O)NC1CC1)C(=O)CN1CCCC1CO. The molecular weight excluding hydrogens is 246 g/mol. The molecule has 6 nitrogen and oxygen atoms in total. The van der Waals surface area contributed by atoms with Crippen molar-refractivity contribution in [3.8, 4) is 0 Å². The van der Waals surface area contributed by atoms with E-state index >= 15 is 0 Å². The van der Waals surface area contributed by atoms with Gasteiger partial charge < -0.3 is 15.3 Å². The largest absolute Gasteiger partial charge is 0.395 e. The predicted octanol–water partition coefficient (Wildman–Crippen LogP) is -0.820. The van der Waals surface area contributed by atoms with Gasteiger partial charge in [-0.25, -0.2) is 0 Å². The molecule has 1 atom stereocenters. The molecule has 108 valence electrons. The molecule has 1 unspecified atom stereocenters. The third kappa shape index (κ3) is 4.18. The van der Waals surface area contributed by atoms with Crippen molar-refractivity contribution in [2.24, 2.45) is 0 Å². The Kier molecular flexibility index (Phi) is 4.76. The van der Waals surface area contributed by atoms with Crippen LogP contribution in [0, 0.1) is 0 Å². The second kappa shape index (κ2) is 6.34. The standard InChI is InChI=1S/C13H23N3O3/c1-15(7-12(18)14-10-4-5-10)13(19)8-16-6-2-3-11(16)9-17/h10-11,17H,2-9H2,1H3,(H,14,18). The van der Waals surface area contributed by atoms with Gasteiger partial charge in [-0.05, 0) is 32.2 Å². The lowest BCUT2D eigenvalue weighted by Gasteiger charge is -2.25. The molecular formula is C13H23N3O3. The molecule has 0 radical (unpaired) electrons. The summed E-state index contributed by atoms with van der Waals surface area (Å²) < 4.78 is 0.